The van der Waals surface area contributed by atoms with Gasteiger partial charge in [-0.25, -0.2) is 4.90 Å². The van der Waals surface area contributed by atoms with Crippen LogP contribution in [0, 0.1) is 22.0 Å². The fraction of sp³-hybridized carbons (Fsp3) is 0.333. The van der Waals surface area contributed by atoms with Gasteiger partial charge >= 0.3 is 0 Å². The number of carbonyl (C=O) groups is 2. The smallest absolute Gasteiger partial charge is 0.271 e. The summed E-state index contributed by atoms with van der Waals surface area (Å²) >= 11 is 6.08. The first-order chi connectivity index (χ1) is 10.8. The molecule has 0 unspecified atom stereocenters. The molecule has 0 saturated carbocycles. The van der Waals surface area contributed by atoms with Gasteiger partial charge in [-0.15, -0.1) is 0 Å². The van der Waals surface area contributed by atoms with E-state index in [9.17, 15) is 19.7 Å². The Kier molecular flexibility index (Phi) is 2.74. The molecule has 3 aliphatic rings. The van der Waals surface area contributed by atoms with E-state index in [-0.39, 0.29) is 16.4 Å². The second-order valence-electron chi connectivity index (χ2n) is 6.03. The predicted octanol–water partition coefficient (Wildman–Crippen LogP) is 2.08. The Bertz CT molecular complexity index is 807. The van der Waals surface area contributed by atoms with E-state index in [1.807, 2.05) is 0 Å². The molecule has 0 N–H and O–H groups in total. The van der Waals surface area contributed by atoms with Crippen molar-refractivity contribution in [3.8, 4) is 0 Å². The van der Waals surface area contributed by atoms with Crippen molar-refractivity contribution in [1.29, 1.82) is 0 Å². The number of nitrogens with zero attached hydrogens (tertiary/aromatic N) is 2. The zero-order valence-electron chi connectivity index (χ0n) is 11.9. The van der Waals surface area contributed by atoms with Crippen LogP contribution in [0.5, 0.6) is 0 Å². The Hall–Kier alpha value is -2.25. The molecule has 118 valence electrons. The summed E-state index contributed by atoms with van der Waals surface area (Å²) in [5, 5.41) is 11.1. The third kappa shape index (κ3) is 1.74. The molecule has 4 atom stereocenters. The number of non-ortho nitro benzene ring substituents is 1. The highest BCUT2D eigenvalue weighted by Gasteiger charge is 2.66. The molecule has 2 fully saturated rings. The summed E-state index contributed by atoms with van der Waals surface area (Å²) in [7, 11) is 0. The molecule has 7 nitrogen and oxygen atoms in total. The van der Waals surface area contributed by atoms with Crippen molar-refractivity contribution in [3.63, 3.8) is 0 Å². The number of nitro groups is 1. The molecule has 3 heterocycles. The maximum absolute atomic E-state index is 12.8. The van der Waals surface area contributed by atoms with E-state index in [4.69, 9.17) is 16.3 Å². The van der Waals surface area contributed by atoms with Crippen molar-refractivity contribution < 1.29 is 19.2 Å². The van der Waals surface area contributed by atoms with Gasteiger partial charge < -0.3 is 4.74 Å². The molecule has 23 heavy (non-hydrogen) atoms. The second kappa shape index (κ2) is 4.39. The molecule has 0 radical (unpaired) electrons. The molecule has 0 aliphatic carbocycles. The minimum atomic E-state index is -0.815. The maximum atomic E-state index is 12.8. The number of nitro benzene ring substituents is 1. The van der Waals surface area contributed by atoms with Gasteiger partial charge in [0.2, 0.25) is 11.8 Å². The third-order valence-electron chi connectivity index (χ3n) is 4.71. The lowest BCUT2D eigenvalue weighted by molar-refractivity contribution is -0.384. The van der Waals surface area contributed by atoms with E-state index in [0.717, 1.165) is 11.0 Å². The first-order valence-corrected chi connectivity index (χ1v) is 7.40. The van der Waals surface area contributed by atoms with E-state index < -0.39 is 40.3 Å². The molecule has 1 aromatic rings. The minimum Gasteiger partial charge on any atom is -0.362 e. The van der Waals surface area contributed by atoms with Crippen LogP contribution in [0.4, 0.5) is 11.4 Å². The SMILES string of the molecule is C[C@@]12C=C[C@H](O1)[C@H]1C(=O)N(c3cc([N+](=O)[O-])ccc3Cl)C(=O)[C@@H]12. The lowest BCUT2D eigenvalue weighted by Gasteiger charge is -2.24. The van der Waals surface area contributed by atoms with Gasteiger partial charge in [0.05, 0.1) is 39.2 Å². The summed E-state index contributed by atoms with van der Waals surface area (Å²) in [6.45, 7) is 1.76. The van der Waals surface area contributed by atoms with Crippen LogP contribution in [0.3, 0.4) is 0 Å². The summed E-state index contributed by atoms with van der Waals surface area (Å²) in [4.78, 5) is 36.8. The van der Waals surface area contributed by atoms with Gasteiger partial charge in [-0.1, -0.05) is 23.8 Å². The molecule has 4 rings (SSSR count). The fourth-order valence-electron chi connectivity index (χ4n) is 3.68. The molecule has 2 bridgehead atoms. The highest BCUT2D eigenvalue weighted by Crippen LogP contribution is 2.52. The summed E-state index contributed by atoms with van der Waals surface area (Å²) in [5.41, 5.74) is -0.997. The van der Waals surface area contributed by atoms with Crippen LogP contribution in [0.15, 0.2) is 30.4 Å². The van der Waals surface area contributed by atoms with E-state index >= 15 is 0 Å². The van der Waals surface area contributed by atoms with Gasteiger partial charge in [0.25, 0.3) is 5.69 Å². The van der Waals surface area contributed by atoms with Crippen molar-refractivity contribution in [3.05, 3.63) is 45.5 Å². The van der Waals surface area contributed by atoms with E-state index in [2.05, 4.69) is 0 Å². The molecule has 0 aromatic heterocycles. The average Bonchev–Trinajstić information content (AvgIpc) is 3.09. The quantitative estimate of drug-likeness (QED) is 0.357. The van der Waals surface area contributed by atoms with Crippen LogP contribution < -0.4 is 4.90 Å². The molecule has 0 spiro atoms. The van der Waals surface area contributed by atoms with Gasteiger partial charge in [-0.3, -0.25) is 19.7 Å². The molecule has 2 saturated heterocycles. The van der Waals surface area contributed by atoms with E-state index in [1.54, 1.807) is 19.1 Å². The zero-order valence-corrected chi connectivity index (χ0v) is 12.7. The lowest BCUT2D eigenvalue weighted by atomic mass is 9.78. The Labute approximate surface area is 135 Å². The highest BCUT2D eigenvalue weighted by atomic mass is 35.5. The second-order valence-corrected chi connectivity index (χ2v) is 6.44. The van der Waals surface area contributed by atoms with Crippen molar-refractivity contribution in [2.75, 3.05) is 4.90 Å². The molecule has 8 heteroatoms. The molecule has 2 amide bonds. The Morgan fingerprint density at radius 1 is 1.35 bits per heavy atom. The van der Waals surface area contributed by atoms with Crippen LogP contribution in [0.1, 0.15) is 6.92 Å². The van der Waals surface area contributed by atoms with Crippen LogP contribution in [-0.2, 0) is 14.3 Å². The van der Waals surface area contributed by atoms with Crippen LogP contribution in [-0.4, -0.2) is 28.4 Å². The van der Waals surface area contributed by atoms with Gasteiger partial charge in [0, 0.05) is 12.1 Å². The summed E-state index contributed by atoms with van der Waals surface area (Å²) in [6, 6.07) is 3.69. The monoisotopic (exact) mass is 334 g/mol. The van der Waals surface area contributed by atoms with E-state index in [1.165, 1.54) is 12.1 Å². The Balaban J connectivity index is 1.81. The van der Waals surface area contributed by atoms with Gasteiger partial charge in [0.1, 0.15) is 0 Å². The summed E-state index contributed by atoms with van der Waals surface area (Å²) < 4.78 is 5.72. The lowest BCUT2D eigenvalue weighted by Crippen LogP contribution is -2.38. The Morgan fingerprint density at radius 2 is 2.09 bits per heavy atom. The van der Waals surface area contributed by atoms with Crippen LogP contribution in [0.2, 0.25) is 5.02 Å². The van der Waals surface area contributed by atoms with Crippen molar-refractivity contribution in [1.82, 2.24) is 0 Å². The van der Waals surface area contributed by atoms with Crippen LogP contribution in [0.25, 0.3) is 0 Å². The number of hydrogen-bond acceptors (Lipinski definition) is 5. The standard InChI is InChI=1S/C15H11ClN2O5/c1-15-5-4-10(23-15)11-12(15)14(20)17(13(11)19)9-6-7(18(21)22)2-3-8(9)16/h2-6,10-12H,1H3/t10-,11+,12+,15-/m0/s1. The first-order valence-electron chi connectivity index (χ1n) is 7.02. The van der Waals surface area contributed by atoms with Crippen molar-refractivity contribution >= 4 is 34.8 Å². The maximum Gasteiger partial charge on any atom is 0.271 e. The zero-order chi connectivity index (χ0) is 16.5. The number of benzene rings is 1. The average molecular weight is 335 g/mol. The molecule has 1 aromatic carbocycles. The summed E-state index contributed by atoms with van der Waals surface area (Å²) in [6.07, 6.45) is 3.14. The number of hydrogen-bond donors (Lipinski definition) is 0. The number of rotatable bonds is 2. The number of halogens is 1. The fourth-order valence-corrected chi connectivity index (χ4v) is 3.88. The van der Waals surface area contributed by atoms with Gasteiger partial charge in [0.15, 0.2) is 0 Å². The van der Waals surface area contributed by atoms with E-state index in [0.29, 0.717) is 0 Å². The number of carbonyl (C=O) groups excluding carboxylic acids is 2. The molecular formula is C15H11ClN2O5. The summed E-state index contributed by atoms with van der Waals surface area (Å²) in [5.74, 6) is -2.09. The third-order valence-corrected chi connectivity index (χ3v) is 5.03. The first kappa shape index (κ1) is 14.3. The largest absolute Gasteiger partial charge is 0.362 e. The Morgan fingerprint density at radius 3 is 2.74 bits per heavy atom. The van der Waals surface area contributed by atoms with Crippen LogP contribution >= 0.6 is 11.6 Å². The predicted molar refractivity (Wildman–Crippen MR) is 80.0 cm³/mol. The minimum absolute atomic E-state index is 0.0493. The molecular weight excluding hydrogens is 324 g/mol. The molecule has 3 aliphatic heterocycles. The van der Waals surface area contributed by atoms with Crippen molar-refractivity contribution in [2.24, 2.45) is 11.8 Å². The highest BCUT2D eigenvalue weighted by molar-refractivity contribution is 6.36. The number of anilines is 1. The van der Waals surface area contributed by atoms with Gasteiger partial charge in [-0.05, 0) is 13.0 Å². The number of amides is 2. The number of ether oxygens (including phenoxy) is 1. The van der Waals surface area contributed by atoms with Gasteiger partial charge in [-0.2, -0.15) is 0 Å². The van der Waals surface area contributed by atoms with Crippen molar-refractivity contribution in [2.45, 2.75) is 18.6 Å². The topological polar surface area (TPSA) is 89.8 Å². The number of imide groups is 1. The number of fused-ring (bicyclic) bond motifs is 5. The normalized spacial score (nSPS) is 34.3.